The average Bonchev–Trinajstić information content (AvgIpc) is 2.17. The van der Waals surface area contributed by atoms with Crippen LogP contribution in [-0.4, -0.2) is 6.54 Å². The van der Waals surface area contributed by atoms with Crippen molar-refractivity contribution in [3.05, 3.63) is 33.3 Å². The molecule has 0 radical (unpaired) electrons. The van der Waals surface area contributed by atoms with E-state index >= 15 is 0 Å². The fourth-order valence-electron chi connectivity index (χ4n) is 1.29. The second-order valence-corrected chi connectivity index (χ2v) is 5.42. The van der Waals surface area contributed by atoms with Crippen molar-refractivity contribution >= 4 is 27.5 Å². The van der Waals surface area contributed by atoms with Crippen LogP contribution < -0.4 is 5.32 Å². The van der Waals surface area contributed by atoms with Gasteiger partial charge in [0.25, 0.3) is 0 Å². The first kappa shape index (κ1) is 13.0. The van der Waals surface area contributed by atoms with Crippen LogP contribution in [0, 0.1) is 5.92 Å². The zero-order valence-electron chi connectivity index (χ0n) is 9.19. The first-order chi connectivity index (χ1) is 7.09. The summed E-state index contributed by atoms with van der Waals surface area (Å²) in [4.78, 5) is 0. The Labute approximate surface area is 105 Å². The average molecular weight is 291 g/mol. The van der Waals surface area contributed by atoms with Crippen LogP contribution in [-0.2, 0) is 6.54 Å². The minimum atomic E-state index is 0.746. The summed E-state index contributed by atoms with van der Waals surface area (Å²) in [6.45, 7) is 6.34. The second-order valence-electron chi connectivity index (χ2n) is 4.10. The molecule has 0 fully saturated rings. The Morgan fingerprint density at radius 1 is 1.40 bits per heavy atom. The van der Waals surface area contributed by atoms with Crippen molar-refractivity contribution < 1.29 is 0 Å². The molecule has 0 saturated carbocycles. The van der Waals surface area contributed by atoms with Gasteiger partial charge in [-0.1, -0.05) is 41.4 Å². The molecule has 0 bridgehead atoms. The second kappa shape index (κ2) is 6.51. The van der Waals surface area contributed by atoms with Gasteiger partial charge in [-0.15, -0.1) is 0 Å². The highest BCUT2D eigenvalue weighted by Gasteiger charge is 2.00. The molecule has 84 valence electrons. The normalized spacial score (nSPS) is 11.0. The molecular weight excluding hydrogens is 273 g/mol. The maximum absolute atomic E-state index is 6.08. The SMILES string of the molecule is CC(C)CCNCc1cc(Br)ccc1Cl. The molecule has 3 heteroatoms. The van der Waals surface area contributed by atoms with Crippen molar-refractivity contribution in [3.8, 4) is 0 Å². The van der Waals surface area contributed by atoms with Gasteiger partial charge in [0, 0.05) is 16.0 Å². The fraction of sp³-hybridized carbons (Fsp3) is 0.500. The number of hydrogen-bond acceptors (Lipinski definition) is 1. The summed E-state index contributed by atoms with van der Waals surface area (Å²) in [5.41, 5.74) is 1.15. The molecule has 0 saturated heterocycles. The van der Waals surface area contributed by atoms with Crippen molar-refractivity contribution in [2.24, 2.45) is 5.92 Å². The van der Waals surface area contributed by atoms with Crippen LogP contribution in [0.15, 0.2) is 22.7 Å². The van der Waals surface area contributed by atoms with Gasteiger partial charge in [0.2, 0.25) is 0 Å². The highest BCUT2D eigenvalue weighted by molar-refractivity contribution is 9.10. The van der Waals surface area contributed by atoms with Crippen LogP contribution in [0.2, 0.25) is 5.02 Å². The van der Waals surface area contributed by atoms with E-state index in [4.69, 9.17) is 11.6 Å². The lowest BCUT2D eigenvalue weighted by Crippen LogP contribution is -2.16. The van der Waals surface area contributed by atoms with Crippen LogP contribution in [0.4, 0.5) is 0 Å². The van der Waals surface area contributed by atoms with Crippen molar-refractivity contribution in [1.82, 2.24) is 5.32 Å². The first-order valence-electron chi connectivity index (χ1n) is 5.24. The van der Waals surface area contributed by atoms with Gasteiger partial charge in [0.1, 0.15) is 0 Å². The minimum absolute atomic E-state index is 0.746. The monoisotopic (exact) mass is 289 g/mol. The van der Waals surface area contributed by atoms with Crippen LogP contribution in [0.25, 0.3) is 0 Å². The van der Waals surface area contributed by atoms with Gasteiger partial charge < -0.3 is 5.32 Å². The number of halogens is 2. The van der Waals surface area contributed by atoms with E-state index in [1.54, 1.807) is 0 Å². The minimum Gasteiger partial charge on any atom is -0.313 e. The van der Waals surface area contributed by atoms with E-state index in [1.165, 1.54) is 6.42 Å². The lowest BCUT2D eigenvalue weighted by Gasteiger charge is -2.08. The van der Waals surface area contributed by atoms with E-state index in [9.17, 15) is 0 Å². The van der Waals surface area contributed by atoms with Crippen LogP contribution in [0.1, 0.15) is 25.8 Å². The third kappa shape index (κ3) is 5.01. The summed E-state index contributed by atoms with van der Waals surface area (Å²) in [7, 11) is 0. The summed E-state index contributed by atoms with van der Waals surface area (Å²) >= 11 is 9.52. The number of rotatable bonds is 5. The summed E-state index contributed by atoms with van der Waals surface area (Å²) in [6, 6.07) is 5.94. The standard InChI is InChI=1S/C12H17BrClN/c1-9(2)5-6-15-8-10-7-11(13)3-4-12(10)14/h3-4,7,9,15H,5-6,8H2,1-2H3. The molecule has 0 unspecified atom stereocenters. The van der Waals surface area contributed by atoms with Crippen molar-refractivity contribution in [2.75, 3.05) is 6.54 Å². The molecule has 0 aromatic heterocycles. The maximum Gasteiger partial charge on any atom is 0.0451 e. The highest BCUT2D eigenvalue weighted by Crippen LogP contribution is 2.20. The number of hydrogen-bond donors (Lipinski definition) is 1. The van der Waals surface area contributed by atoms with Gasteiger partial charge >= 0.3 is 0 Å². The largest absolute Gasteiger partial charge is 0.313 e. The van der Waals surface area contributed by atoms with E-state index in [1.807, 2.05) is 12.1 Å². The molecule has 0 heterocycles. The fourth-order valence-corrected chi connectivity index (χ4v) is 1.89. The van der Waals surface area contributed by atoms with Crippen molar-refractivity contribution in [1.29, 1.82) is 0 Å². The zero-order chi connectivity index (χ0) is 11.3. The lowest BCUT2D eigenvalue weighted by atomic mass is 10.1. The number of nitrogens with one attached hydrogen (secondary N) is 1. The Kier molecular flexibility index (Phi) is 5.65. The van der Waals surface area contributed by atoms with E-state index < -0.39 is 0 Å². The Morgan fingerprint density at radius 3 is 2.80 bits per heavy atom. The highest BCUT2D eigenvalue weighted by atomic mass is 79.9. The summed E-state index contributed by atoms with van der Waals surface area (Å²) in [5.74, 6) is 0.746. The maximum atomic E-state index is 6.08. The third-order valence-corrected chi connectivity index (χ3v) is 3.08. The lowest BCUT2D eigenvalue weighted by molar-refractivity contribution is 0.537. The van der Waals surface area contributed by atoms with Gasteiger partial charge in [-0.05, 0) is 42.6 Å². The predicted molar refractivity (Wildman–Crippen MR) is 70.3 cm³/mol. The topological polar surface area (TPSA) is 12.0 Å². The Morgan fingerprint density at radius 2 is 2.13 bits per heavy atom. The molecule has 1 N–H and O–H groups in total. The zero-order valence-corrected chi connectivity index (χ0v) is 11.5. The molecule has 1 aromatic rings. The molecule has 0 amide bonds. The Balaban J connectivity index is 2.40. The molecule has 15 heavy (non-hydrogen) atoms. The van der Waals surface area contributed by atoms with Crippen molar-refractivity contribution in [3.63, 3.8) is 0 Å². The van der Waals surface area contributed by atoms with Gasteiger partial charge in [0.15, 0.2) is 0 Å². The van der Waals surface area contributed by atoms with E-state index in [-0.39, 0.29) is 0 Å². The predicted octanol–water partition coefficient (Wildman–Crippen LogP) is 4.24. The van der Waals surface area contributed by atoms with Gasteiger partial charge in [-0.3, -0.25) is 0 Å². The summed E-state index contributed by atoms with van der Waals surface area (Å²) in [6.07, 6.45) is 1.20. The molecule has 0 aliphatic rings. The summed E-state index contributed by atoms with van der Waals surface area (Å²) < 4.78 is 1.08. The molecule has 0 spiro atoms. The Bertz CT molecular complexity index is 312. The van der Waals surface area contributed by atoms with Gasteiger partial charge in [0.05, 0.1) is 0 Å². The van der Waals surface area contributed by atoms with E-state index in [0.717, 1.165) is 34.1 Å². The molecular formula is C12H17BrClN. The van der Waals surface area contributed by atoms with Crippen LogP contribution >= 0.6 is 27.5 Å². The molecule has 0 aliphatic heterocycles. The molecule has 0 atom stereocenters. The van der Waals surface area contributed by atoms with Gasteiger partial charge in [-0.25, -0.2) is 0 Å². The smallest absolute Gasteiger partial charge is 0.0451 e. The Hall–Kier alpha value is -0.0500. The molecule has 0 aliphatic carbocycles. The molecule has 1 rings (SSSR count). The van der Waals surface area contributed by atoms with E-state index in [2.05, 4.69) is 41.2 Å². The third-order valence-electron chi connectivity index (χ3n) is 2.22. The van der Waals surface area contributed by atoms with E-state index in [0.29, 0.717) is 0 Å². The number of benzene rings is 1. The quantitative estimate of drug-likeness (QED) is 0.800. The molecule has 1 aromatic carbocycles. The summed E-state index contributed by atoms with van der Waals surface area (Å²) in [5, 5.41) is 4.22. The van der Waals surface area contributed by atoms with Gasteiger partial charge in [-0.2, -0.15) is 0 Å². The van der Waals surface area contributed by atoms with Crippen molar-refractivity contribution in [2.45, 2.75) is 26.8 Å². The van der Waals surface area contributed by atoms with Crippen LogP contribution in [0.3, 0.4) is 0 Å². The molecule has 1 nitrogen and oxygen atoms in total. The first-order valence-corrected chi connectivity index (χ1v) is 6.41. The van der Waals surface area contributed by atoms with Crippen LogP contribution in [0.5, 0.6) is 0 Å².